The van der Waals surface area contributed by atoms with Gasteiger partial charge >= 0.3 is 0 Å². The van der Waals surface area contributed by atoms with Gasteiger partial charge in [-0.2, -0.15) is 0 Å². The molecule has 0 saturated heterocycles. The van der Waals surface area contributed by atoms with E-state index in [1.807, 2.05) is 13.8 Å². The van der Waals surface area contributed by atoms with E-state index in [0.29, 0.717) is 0 Å². The zero-order valence-corrected chi connectivity index (χ0v) is 6.01. The number of carbonyl (C=O) groups excluding carboxylic acids is 1. The molecule has 3 nitrogen and oxygen atoms in total. The molecule has 0 fully saturated rings. The molecule has 0 bridgehead atoms. The number of amides is 1. The van der Waals surface area contributed by atoms with Crippen LogP contribution < -0.4 is 5.32 Å². The van der Waals surface area contributed by atoms with Gasteiger partial charge in [0, 0.05) is 6.04 Å². The minimum Gasteiger partial charge on any atom is -0.384 e. The van der Waals surface area contributed by atoms with Crippen molar-refractivity contribution >= 4 is 5.91 Å². The third-order valence-electron chi connectivity index (χ3n) is 0.810. The molecule has 0 aliphatic heterocycles. The van der Waals surface area contributed by atoms with Crippen LogP contribution in [-0.4, -0.2) is 23.2 Å². The molecule has 0 heterocycles. The van der Waals surface area contributed by atoms with Gasteiger partial charge in [0.2, 0.25) is 5.91 Å². The fourth-order valence-electron chi connectivity index (χ4n) is 0.405. The Hall–Kier alpha value is -0.570. The molecule has 0 saturated carbocycles. The molecule has 9 heavy (non-hydrogen) atoms. The van der Waals surface area contributed by atoms with Crippen molar-refractivity contribution in [3.63, 3.8) is 0 Å². The van der Waals surface area contributed by atoms with Crippen molar-refractivity contribution in [1.82, 2.24) is 5.32 Å². The molecule has 0 aliphatic rings. The average molecular weight is 131 g/mol. The lowest BCUT2D eigenvalue weighted by molar-refractivity contribution is -0.128. The second kappa shape index (κ2) is 3.45. The molecule has 0 radical (unpaired) electrons. The normalized spacial score (nSPS) is 13.4. The molecular formula is C6H13NO2. The lowest BCUT2D eigenvalue weighted by Crippen LogP contribution is -2.37. The summed E-state index contributed by atoms with van der Waals surface area (Å²) in [6.07, 6.45) is -0.896. The second-order valence-electron chi connectivity index (χ2n) is 2.34. The fourth-order valence-corrected chi connectivity index (χ4v) is 0.405. The molecule has 0 rings (SSSR count). The molecule has 1 amide bonds. The molecule has 3 heteroatoms. The number of nitrogens with one attached hydrogen (secondary N) is 1. The van der Waals surface area contributed by atoms with Crippen LogP contribution in [0.4, 0.5) is 0 Å². The van der Waals surface area contributed by atoms with E-state index in [9.17, 15) is 4.79 Å². The van der Waals surface area contributed by atoms with Crippen LogP contribution in [0.2, 0.25) is 0 Å². The maximum atomic E-state index is 10.6. The number of aliphatic hydroxyl groups is 1. The van der Waals surface area contributed by atoms with Crippen LogP contribution in [0.1, 0.15) is 20.8 Å². The number of hydrogen-bond donors (Lipinski definition) is 2. The van der Waals surface area contributed by atoms with Crippen molar-refractivity contribution < 1.29 is 9.90 Å². The SMILES string of the molecule is CC(C)NC(=O)[C@H](C)O. The minimum atomic E-state index is -0.896. The van der Waals surface area contributed by atoms with Crippen molar-refractivity contribution in [3.05, 3.63) is 0 Å². The molecule has 1 atom stereocenters. The Kier molecular flexibility index (Phi) is 3.24. The van der Waals surface area contributed by atoms with Crippen LogP contribution in [0.5, 0.6) is 0 Å². The number of hydrogen-bond acceptors (Lipinski definition) is 2. The van der Waals surface area contributed by atoms with Crippen LogP contribution >= 0.6 is 0 Å². The number of rotatable bonds is 2. The van der Waals surface area contributed by atoms with E-state index in [4.69, 9.17) is 5.11 Å². The van der Waals surface area contributed by atoms with Gasteiger partial charge in [-0.1, -0.05) is 0 Å². The fraction of sp³-hybridized carbons (Fsp3) is 0.833. The molecule has 0 spiro atoms. The lowest BCUT2D eigenvalue weighted by atomic mass is 10.3. The van der Waals surface area contributed by atoms with E-state index in [2.05, 4.69) is 5.32 Å². The van der Waals surface area contributed by atoms with Crippen LogP contribution in [0, 0.1) is 0 Å². The average Bonchev–Trinajstić information content (AvgIpc) is 1.63. The van der Waals surface area contributed by atoms with E-state index in [0.717, 1.165) is 0 Å². The summed E-state index contributed by atoms with van der Waals surface area (Å²) in [6, 6.07) is 0.104. The molecular weight excluding hydrogens is 118 g/mol. The van der Waals surface area contributed by atoms with Crippen molar-refractivity contribution in [2.45, 2.75) is 32.9 Å². The monoisotopic (exact) mass is 131 g/mol. The number of carbonyl (C=O) groups is 1. The summed E-state index contributed by atoms with van der Waals surface area (Å²) in [7, 11) is 0. The second-order valence-corrected chi connectivity index (χ2v) is 2.34. The van der Waals surface area contributed by atoms with Gasteiger partial charge in [0.1, 0.15) is 6.10 Å². The molecule has 0 aliphatic carbocycles. The van der Waals surface area contributed by atoms with Crippen LogP contribution in [0.15, 0.2) is 0 Å². The zero-order chi connectivity index (χ0) is 7.44. The van der Waals surface area contributed by atoms with Gasteiger partial charge < -0.3 is 10.4 Å². The summed E-state index contributed by atoms with van der Waals surface area (Å²) in [6.45, 7) is 5.14. The van der Waals surface area contributed by atoms with Gasteiger partial charge in [-0.15, -0.1) is 0 Å². The zero-order valence-electron chi connectivity index (χ0n) is 6.01. The number of aliphatic hydroxyl groups excluding tert-OH is 1. The van der Waals surface area contributed by atoms with E-state index in [-0.39, 0.29) is 11.9 Å². The quantitative estimate of drug-likeness (QED) is 0.549. The Balaban J connectivity index is 3.51. The maximum Gasteiger partial charge on any atom is 0.248 e. The highest BCUT2D eigenvalue weighted by molar-refractivity contribution is 5.80. The first kappa shape index (κ1) is 8.43. The van der Waals surface area contributed by atoms with Crippen LogP contribution in [-0.2, 0) is 4.79 Å². The molecule has 0 aromatic rings. The van der Waals surface area contributed by atoms with Crippen molar-refractivity contribution in [3.8, 4) is 0 Å². The van der Waals surface area contributed by atoms with Crippen molar-refractivity contribution in [2.75, 3.05) is 0 Å². The van der Waals surface area contributed by atoms with Crippen molar-refractivity contribution in [2.24, 2.45) is 0 Å². The minimum absolute atomic E-state index is 0.104. The predicted octanol–water partition coefficient (Wildman–Crippen LogP) is -0.108. The van der Waals surface area contributed by atoms with E-state index < -0.39 is 6.10 Å². The molecule has 0 aromatic carbocycles. The predicted molar refractivity (Wildman–Crippen MR) is 35.0 cm³/mol. The Bertz CT molecular complexity index is 99.2. The standard InChI is InChI=1S/C6H13NO2/c1-4(2)7-6(9)5(3)8/h4-5,8H,1-3H3,(H,7,9)/t5-/m0/s1. The summed E-state index contributed by atoms with van der Waals surface area (Å²) >= 11 is 0. The smallest absolute Gasteiger partial charge is 0.248 e. The van der Waals surface area contributed by atoms with Crippen molar-refractivity contribution in [1.29, 1.82) is 0 Å². The Morgan fingerprint density at radius 3 is 2.00 bits per heavy atom. The first-order valence-corrected chi connectivity index (χ1v) is 3.02. The summed E-state index contributed by atoms with van der Waals surface area (Å²) in [5.74, 6) is -0.315. The van der Waals surface area contributed by atoms with Gasteiger partial charge in [0.25, 0.3) is 0 Å². The third kappa shape index (κ3) is 3.97. The summed E-state index contributed by atoms with van der Waals surface area (Å²) in [4.78, 5) is 10.6. The maximum absolute atomic E-state index is 10.6. The first-order chi connectivity index (χ1) is 4.04. The summed E-state index contributed by atoms with van der Waals surface area (Å²) < 4.78 is 0. The Morgan fingerprint density at radius 1 is 1.44 bits per heavy atom. The Labute approximate surface area is 55.1 Å². The molecule has 2 N–H and O–H groups in total. The van der Waals surface area contributed by atoms with Gasteiger partial charge in [-0.3, -0.25) is 4.79 Å². The van der Waals surface area contributed by atoms with E-state index in [1.165, 1.54) is 6.92 Å². The highest BCUT2D eigenvalue weighted by atomic mass is 16.3. The molecule has 0 unspecified atom stereocenters. The lowest BCUT2D eigenvalue weighted by Gasteiger charge is -2.08. The highest BCUT2D eigenvalue weighted by Gasteiger charge is 2.07. The van der Waals surface area contributed by atoms with Gasteiger partial charge in [0.05, 0.1) is 0 Å². The topological polar surface area (TPSA) is 49.3 Å². The third-order valence-corrected chi connectivity index (χ3v) is 0.810. The van der Waals surface area contributed by atoms with Crippen LogP contribution in [0.25, 0.3) is 0 Å². The highest BCUT2D eigenvalue weighted by Crippen LogP contribution is 1.82. The van der Waals surface area contributed by atoms with E-state index in [1.54, 1.807) is 0 Å². The van der Waals surface area contributed by atoms with Gasteiger partial charge in [-0.05, 0) is 20.8 Å². The first-order valence-electron chi connectivity index (χ1n) is 3.02. The van der Waals surface area contributed by atoms with Crippen LogP contribution in [0.3, 0.4) is 0 Å². The summed E-state index contributed by atoms with van der Waals surface area (Å²) in [5.41, 5.74) is 0. The largest absolute Gasteiger partial charge is 0.384 e. The molecule has 54 valence electrons. The van der Waals surface area contributed by atoms with Gasteiger partial charge in [0.15, 0.2) is 0 Å². The Morgan fingerprint density at radius 2 is 1.89 bits per heavy atom. The summed E-state index contributed by atoms with van der Waals surface area (Å²) in [5, 5.41) is 11.2. The van der Waals surface area contributed by atoms with E-state index >= 15 is 0 Å². The van der Waals surface area contributed by atoms with Gasteiger partial charge in [-0.25, -0.2) is 0 Å². The molecule has 0 aromatic heterocycles.